The summed E-state index contributed by atoms with van der Waals surface area (Å²) in [5.41, 5.74) is 5.40. The first-order chi connectivity index (χ1) is 18.1. The molecule has 3 aromatic carbocycles. The van der Waals surface area contributed by atoms with E-state index in [0.717, 1.165) is 50.1 Å². The lowest BCUT2D eigenvalue weighted by Crippen LogP contribution is -2.52. The van der Waals surface area contributed by atoms with E-state index >= 15 is 0 Å². The summed E-state index contributed by atoms with van der Waals surface area (Å²) in [6, 6.07) is 21.3. The van der Waals surface area contributed by atoms with Crippen molar-refractivity contribution in [3.05, 3.63) is 71.3 Å². The van der Waals surface area contributed by atoms with Crippen LogP contribution in [-0.4, -0.2) is 63.0 Å². The van der Waals surface area contributed by atoms with E-state index in [-0.39, 0.29) is 12.2 Å². The molecule has 7 nitrogen and oxygen atoms in total. The molecule has 37 heavy (non-hydrogen) atoms. The highest BCUT2D eigenvalue weighted by atomic mass is 16.6. The van der Waals surface area contributed by atoms with Crippen LogP contribution in [0.25, 0.3) is 10.8 Å². The molecule has 0 radical (unpaired) electrons. The van der Waals surface area contributed by atoms with Gasteiger partial charge in [0, 0.05) is 49.0 Å². The van der Waals surface area contributed by atoms with Crippen LogP contribution in [0.1, 0.15) is 36.1 Å². The summed E-state index contributed by atoms with van der Waals surface area (Å²) in [5, 5.41) is 11.6. The Bertz CT molecular complexity index is 1370. The molecule has 0 N–H and O–H groups in total. The van der Waals surface area contributed by atoms with Gasteiger partial charge in [-0.15, -0.1) is 0 Å². The highest BCUT2D eigenvalue weighted by Crippen LogP contribution is 2.34. The first-order valence-corrected chi connectivity index (χ1v) is 13.2. The SMILES string of the molecule is C[C@@H]1CN(c2cccc3cc(C#N)ccc23)CCN1CC[C@@H]1OCCc2cc(N3CCOC3=O)ccc21. The van der Waals surface area contributed by atoms with E-state index in [1.54, 1.807) is 4.90 Å². The van der Waals surface area contributed by atoms with Crippen molar-refractivity contribution in [1.29, 1.82) is 5.26 Å². The zero-order valence-corrected chi connectivity index (χ0v) is 21.2. The van der Waals surface area contributed by atoms with Crippen molar-refractivity contribution < 1.29 is 14.3 Å². The van der Waals surface area contributed by atoms with Crippen molar-refractivity contribution in [3.63, 3.8) is 0 Å². The average Bonchev–Trinajstić information content (AvgIpc) is 3.37. The van der Waals surface area contributed by atoms with Crippen LogP contribution in [0.4, 0.5) is 16.2 Å². The maximum atomic E-state index is 12.0. The standard InChI is InChI=1S/C30H32N4O3/c1-21-20-33(28-4-2-3-23-17-22(19-31)5-7-26(23)28)13-12-32(21)11-9-29-27-8-6-25(18-24(27)10-15-36-29)34-14-16-37-30(34)35/h2-8,17-18,21,29H,9-16,20H2,1H3/t21-,29+/m1/s1. The molecule has 0 bridgehead atoms. The van der Waals surface area contributed by atoms with E-state index in [0.29, 0.717) is 31.4 Å². The van der Waals surface area contributed by atoms with Gasteiger partial charge < -0.3 is 14.4 Å². The molecule has 7 heteroatoms. The van der Waals surface area contributed by atoms with Gasteiger partial charge in [-0.05, 0) is 66.6 Å². The van der Waals surface area contributed by atoms with E-state index in [1.165, 1.54) is 22.2 Å². The third-order valence-corrected chi connectivity index (χ3v) is 8.01. The van der Waals surface area contributed by atoms with Gasteiger partial charge in [-0.25, -0.2) is 4.79 Å². The second kappa shape index (κ2) is 10.0. The molecule has 190 valence electrons. The van der Waals surface area contributed by atoms with Crippen molar-refractivity contribution in [3.8, 4) is 6.07 Å². The highest BCUT2D eigenvalue weighted by Gasteiger charge is 2.29. The van der Waals surface area contributed by atoms with Crippen molar-refractivity contribution in [2.75, 3.05) is 55.7 Å². The summed E-state index contributed by atoms with van der Waals surface area (Å²) in [6.45, 7) is 8.02. The summed E-state index contributed by atoms with van der Waals surface area (Å²) in [7, 11) is 0. The van der Waals surface area contributed by atoms with Crippen LogP contribution in [0.5, 0.6) is 0 Å². The fraction of sp³-hybridized carbons (Fsp3) is 0.400. The molecule has 3 heterocycles. The largest absolute Gasteiger partial charge is 0.447 e. The van der Waals surface area contributed by atoms with Crippen molar-refractivity contribution in [1.82, 2.24) is 4.90 Å². The van der Waals surface area contributed by atoms with Gasteiger partial charge in [0.05, 0.1) is 30.9 Å². The predicted molar refractivity (Wildman–Crippen MR) is 144 cm³/mol. The number of carbonyl (C=O) groups excluding carboxylic acids is 1. The van der Waals surface area contributed by atoms with E-state index in [1.807, 2.05) is 18.2 Å². The number of hydrogen-bond acceptors (Lipinski definition) is 6. The van der Waals surface area contributed by atoms with Crippen molar-refractivity contribution in [2.45, 2.75) is 31.9 Å². The quantitative estimate of drug-likeness (QED) is 0.501. The zero-order chi connectivity index (χ0) is 25.4. The number of fused-ring (bicyclic) bond motifs is 2. The van der Waals surface area contributed by atoms with Gasteiger partial charge in [-0.3, -0.25) is 9.80 Å². The molecule has 0 saturated carbocycles. The zero-order valence-electron chi connectivity index (χ0n) is 21.2. The Labute approximate surface area is 217 Å². The van der Waals surface area contributed by atoms with Crippen LogP contribution in [0, 0.1) is 11.3 Å². The van der Waals surface area contributed by atoms with Crippen LogP contribution < -0.4 is 9.80 Å². The molecule has 3 aliphatic heterocycles. The number of benzene rings is 3. The second-order valence-corrected chi connectivity index (χ2v) is 10.2. The van der Waals surface area contributed by atoms with Gasteiger partial charge in [0.1, 0.15) is 6.61 Å². The number of piperazine rings is 1. The number of cyclic esters (lactones) is 1. The lowest BCUT2D eigenvalue weighted by molar-refractivity contribution is 0.0255. The monoisotopic (exact) mass is 496 g/mol. The molecule has 3 aromatic rings. The molecule has 0 unspecified atom stereocenters. The van der Waals surface area contributed by atoms with Crippen molar-refractivity contribution >= 4 is 28.2 Å². The number of carbonyl (C=O) groups is 1. The predicted octanol–water partition coefficient (Wildman–Crippen LogP) is 4.88. The Kier molecular flexibility index (Phi) is 6.45. The lowest BCUT2D eigenvalue weighted by Gasteiger charge is -2.42. The molecule has 3 aliphatic rings. The Balaban J connectivity index is 1.10. The van der Waals surface area contributed by atoms with E-state index in [9.17, 15) is 10.1 Å². The average molecular weight is 497 g/mol. The number of nitriles is 1. The molecule has 0 aliphatic carbocycles. The first kappa shape index (κ1) is 23.8. The summed E-state index contributed by atoms with van der Waals surface area (Å²) in [4.78, 5) is 18.7. The number of ether oxygens (including phenoxy) is 2. The topological polar surface area (TPSA) is 69.0 Å². The molecule has 2 saturated heterocycles. The van der Waals surface area contributed by atoms with Gasteiger partial charge in [-0.2, -0.15) is 5.26 Å². The Morgan fingerprint density at radius 1 is 1.05 bits per heavy atom. The highest BCUT2D eigenvalue weighted by molar-refractivity contribution is 5.95. The first-order valence-electron chi connectivity index (χ1n) is 13.2. The third-order valence-electron chi connectivity index (χ3n) is 8.01. The van der Waals surface area contributed by atoms with Crippen LogP contribution in [-0.2, 0) is 15.9 Å². The molecule has 2 fully saturated rings. The molecule has 1 amide bonds. The number of nitrogens with zero attached hydrogens (tertiary/aromatic N) is 4. The number of rotatable bonds is 5. The third kappa shape index (κ3) is 4.63. The number of anilines is 2. The van der Waals surface area contributed by atoms with Gasteiger partial charge >= 0.3 is 6.09 Å². The van der Waals surface area contributed by atoms with Gasteiger partial charge in [0.2, 0.25) is 0 Å². The molecular formula is C30H32N4O3. The molecule has 0 spiro atoms. The minimum Gasteiger partial charge on any atom is -0.447 e. The smallest absolute Gasteiger partial charge is 0.414 e. The van der Waals surface area contributed by atoms with Crippen LogP contribution in [0.15, 0.2) is 54.6 Å². The minimum absolute atomic E-state index is 0.0842. The summed E-state index contributed by atoms with van der Waals surface area (Å²) in [6.07, 6.45) is 1.65. The van der Waals surface area contributed by atoms with Crippen molar-refractivity contribution in [2.24, 2.45) is 0 Å². The molecular weight excluding hydrogens is 464 g/mol. The van der Waals surface area contributed by atoms with Gasteiger partial charge in [0.25, 0.3) is 0 Å². The van der Waals surface area contributed by atoms with E-state index in [4.69, 9.17) is 9.47 Å². The maximum Gasteiger partial charge on any atom is 0.414 e. The summed E-state index contributed by atoms with van der Waals surface area (Å²) < 4.78 is 11.3. The van der Waals surface area contributed by atoms with Gasteiger partial charge in [0.15, 0.2) is 0 Å². The molecule has 6 rings (SSSR count). The second-order valence-electron chi connectivity index (χ2n) is 10.2. The van der Waals surface area contributed by atoms with Crippen LogP contribution in [0.2, 0.25) is 0 Å². The maximum absolute atomic E-state index is 12.0. The van der Waals surface area contributed by atoms with Gasteiger partial charge in [-0.1, -0.05) is 24.3 Å². The summed E-state index contributed by atoms with van der Waals surface area (Å²) >= 11 is 0. The lowest BCUT2D eigenvalue weighted by atomic mass is 9.94. The Morgan fingerprint density at radius 2 is 1.97 bits per heavy atom. The fourth-order valence-electron chi connectivity index (χ4n) is 6.00. The molecule has 0 aromatic heterocycles. The van der Waals surface area contributed by atoms with E-state index in [2.05, 4.69) is 59.2 Å². The normalized spacial score (nSPS) is 22.1. The number of amides is 1. The number of hydrogen-bond donors (Lipinski definition) is 0. The Morgan fingerprint density at radius 3 is 2.78 bits per heavy atom. The Hall–Kier alpha value is -3.60. The fourth-order valence-corrected chi connectivity index (χ4v) is 6.00. The van der Waals surface area contributed by atoms with E-state index < -0.39 is 0 Å². The summed E-state index contributed by atoms with van der Waals surface area (Å²) in [5.74, 6) is 0. The molecule has 2 atom stereocenters. The minimum atomic E-state index is -0.257. The van der Waals surface area contributed by atoms with Crippen LogP contribution in [0.3, 0.4) is 0 Å². The van der Waals surface area contributed by atoms with Crippen LogP contribution >= 0.6 is 0 Å².